The topological polar surface area (TPSA) is 96.3 Å². The highest BCUT2D eigenvalue weighted by molar-refractivity contribution is 6.33. The molecular weight excluding hydrogens is 352 g/mol. The molecule has 0 radical (unpaired) electrons. The van der Waals surface area contributed by atoms with Gasteiger partial charge in [0.25, 0.3) is 0 Å². The zero-order valence-corrected chi connectivity index (χ0v) is 14.0. The lowest BCUT2D eigenvalue weighted by atomic mass is 10.1. The van der Waals surface area contributed by atoms with Crippen LogP contribution in [0.25, 0.3) is 45.3 Å². The third-order valence-electron chi connectivity index (χ3n) is 4.08. The maximum atomic E-state index is 6.38. The normalized spacial score (nSPS) is 11.3. The Balaban J connectivity index is 1.78. The van der Waals surface area contributed by atoms with Gasteiger partial charge in [0.1, 0.15) is 12.0 Å². The third-order valence-corrected chi connectivity index (χ3v) is 4.41. The van der Waals surface area contributed by atoms with Crippen molar-refractivity contribution in [3.05, 3.63) is 60.1 Å². The molecule has 0 amide bonds. The summed E-state index contributed by atoms with van der Waals surface area (Å²) in [4.78, 5) is 15.0. The molecule has 0 fully saturated rings. The van der Waals surface area contributed by atoms with Crippen molar-refractivity contribution in [3.8, 4) is 34.3 Å². The molecule has 0 aliphatic heterocycles. The molecule has 5 rings (SSSR count). The number of rotatable bonds is 3. The highest BCUT2D eigenvalue weighted by atomic mass is 35.5. The molecule has 0 aliphatic carbocycles. The fourth-order valence-corrected chi connectivity index (χ4v) is 3.11. The quantitative estimate of drug-likeness (QED) is 0.498. The molecule has 1 aromatic carbocycles. The Morgan fingerprint density at radius 1 is 1.00 bits per heavy atom. The Morgan fingerprint density at radius 3 is 2.77 bits per heavy atom. The van der Waals surface area contributed by atoms with Crippen LogP contribution in [0.15, 0.2) is 59.5 Å². The van der Waals surface area contributed by atoms with Crippen LogP contribution in [0.5, 0.6) is 0 Å². The molecule has 5 aromatic rings. The maximum absolute atomic E-state index is 6.38. The van der Waals surface area contributed by atoms with Gasteiger partial charge in [-0.3, -0.25) is 0 Å². The minimum atomic E-state index is 0.457. The molecule has 0 unspecified atom stereocenters. The molecule has 0 bridgehead atoms. The van der Waals surface area contributed by atoms with Crippen molar-refractivity contribution in [2.45, 2.75) is 0 Å². The number of aromatic amines is 2. The second kappa shape index (κ2) is 5.82. The van der Waals surface area contributed by atoms with Crippen LogP contribution in [0.2, 0.25) is 5.02 Å². The van der Waals surface area contributed by atoms with E-state index >= 15 is 0 Å². The molecule has 0 aliphatic rings. The van der Waals surface area contributed by atoms with Gasteiger partial charge in [-0.2, -0.15) is 0 Å². The van der Waals surface area contributed by atoms with Gasteiger partial charge >= 0.3 is 0 Å². The van der Waals surface area contributed by atoms with Crippen LogP contribution in [0, 0.1) is 0 Å². The average molecular weight is 363 g/mol. The second-order valence-corrected chi connectivity index (χ2v) is 6.02. The van der Waals surface area contributed by atoms with Crippen LogP contribution in [0.4, 0.5) is 0 Å². The van der Waals surface area contributed by atoms with E-state index in [-0.39, 0.29) is 0 Å². The van der Waals surface area contributed by atoms with Crippen molar-refractivity contribution < 1.29 is 4.42 Å². The number of benzene rings is 1. The highest BCUT2D eigenvalue weighted by Crippen LogP contribution is 2.38. The van der Waals surface area contributed by atoms with Gasteiger partial charge < -0.3 is 14.4 Å². The first-order valence-corrected chi connectivity index (χ1v) is 8.23. The van der Waals surface area contributed by atoms with E-state index in [1.54, 1.807) is 12.3 Å². The summed E-state index contributed by atoms with van der Waals surface area (Å²) in [5.74, 6) is 1.50. The zero-order chi connectivity index (χ0) is 17.5. The molecule has 7 nitrogen and oxygen atoms in total. The van der Waals surface area contributed by atoms with Crippen LogP contribution in [0.3, 0.4) is 0 Å². The monoisotopic (exact) mass is 362 g/mol. The summed E-state index contributed by atoms with van der Waals surface area (Å²) in [6, 6.07) is 11.2. The Bertz CT molecular complexity index is 1210. The number of nitrogens with zero attached hydrogens (tertiary/aromatic N) is 4. The average Bonchev–Trinajstić information content (AvgIpc) is 3.40. The predicted molar refractivity (Wildman–Crippen MR) is 97.4 cm³/mol. The lowest BCUT2D eigenvalue weighted by Crippen LogP contribution is -1.86. The summed E-state index contributed by atoms with van der Waals surface area (Å²) in [5.41, 5.74) is 2.88. The Hall–Kier alpha value is -3.45. The largest absolute Gasteiger partial charge is 0.435 e. The Labute approximate surface area is 152 Å². The van der Waals surface area contributed by atoms with Crippen molar-refractivity contribution in [3.63, 3.8) is 0 Å². The molecule has 0 saturated heterocycles. The molecule has 2 N–H and O–H groups in total. The lowest BCUT2D eigenvalue weighted by Gasteiger charge is -2.01. The van der Waals surface area contributed by atoms with E-state index in [2.05, 4.69) is 30.1 Å². The summed E-state index contributed by atoms with van der Waals surface area (Å²) in [6.07, 6.45) is 5.04. The number of oxazole rings is 1. The number of pyridine rings is 1. The molecule has 0 spiro atoms. The molecule has 26 heavy (non-hydrogen) atoms. The molecule has 0 atom stereocenters. The summed E-state index contributed by atoms with van der Waals surface area (Å²) in [6.45, 7) is 0. The van der Waals surface area contributed by atoms with Crippen molar-refractivity contribution in [1.82, 2.24) is 30.1 Å². The SMILES string of the molecule is Clc1ccccc1-c1oc(-c2ccnc3[nH]ccc23)nc1-c1nnc[nH]1. The van der Waals surface area contributed by atoms with Crippen LogP contribution >= 0.6 is 11.6 Å². The van der Waals surface area contributed by atoms with E-state index in [1.807, 2.05) is 36.5 Å². The number of H-pyrrole nitrogens is 2. The van der Waals surface area contributed by atoms with Crippen molar-refractivity contribution >= 4 is 22.6 Å². The van der Waals surface area contributed by atoms with Crippen LogP contribution in [0.1, 0.15) is 0 Å². The van der Waals surface area contributed by atoms with E-state index in [0.29, 0.717) is 28.2 Å². The predicted octanol–water partition coefficient (Wildman–Crippen LogP) is 4.32. The van der Waals surface area contributed by atoms with Gasteiger partial charge in [0, 0.05) is 28.9 Å². The first-order valence-electron chi connectivity index (χ1n) is 7.86. The third kappa shape index (κ3) is 2.29. The van der Waals surface area contributed by atoms with E-state index in [4.69, 9.17) is 16.0 Å². The van der Waals surface area contributed by atoms with Crippen molar-refractivity contribution in [1.29, 1.82) is 0 Å². The molecular formula is C18H11ClN6O. The van der Waals surface area contributed by atoms with Crippen molar-refractivity contribution in [2.24, 2.45) is 0 Å². The molecule has 0 saturated carbocycles. The Kier molecular flexibility index (Phi) is 3.32. The summed E-state index contributed by atoms with van der Waals surface area (Å²) in [7, 11) is 0. The van der Waals surface area contributed by atoms with Crippen LogP contribution in [-0.2, 0) is 0 Å². The summed E-state index contributed by atoms with van der Waals surface area (Å²) in [5, 5.41) is 9.40. The maximum Gasteiger partial charge on any atom is 0.228 e. The van der Waals surface area contributed by atoms with Gasteiger partial charge in [-0.25, -0.2) is 9.97 Å². The number of halogens is 1. The molecule has 8 heteroatoms. The van der Waals surface area contributed by atoms with Crippen LogP contribution in [-0.4, -0.2) is 30.1 Å². The van der Waals surface area contributed by atoms with E-state index in [0.717, 1.165) is 22.2 Å². The van der Waals surface area contributed by atoms with Gasteiger partial charge in [-0.05, 0) is 24.3 Å². The number of nitrogens with one attached hydrogen (secondary N) is 2. The summed E-state index contributed by atoms with van der Waals surface area (Å²) >= 11 is 6.38. The highest BCUT2D eigenvalue weighted by Gasteiger charge is 2.22. The van der Waals surface area contributed by atoms with E-state index in [1.165, 1.54) is 6.33 Å². The number of hydrogen-bond donors (Lipinski definition) is 2. The van der Waals surface area contributed by atoms with E-state index in [9.17, 15) is 0 Å². The fourth-order valence-electron chi connectivity index (χ4n) is 2.89. The number of hydrogen-bond acceptors (Lipinski definition) is 5. The van der Waals surface area contributed by atoms with Crippen LogP contribution < -0.4 is 0 Å². The summed E-state index contributed by atoms with van der Waals surface area (Å²) < 4.78 is 6.14. The van der Waals surface area contributed by atoms with Gasteiger partial charge in [0.05, 0.1) is 5.02 Å². The second-order valence-electron chi connectivity index (χ2n) is 5.61. The minimum Gasteiger partial charge on any atom is -0.435 e. The first-order chi connectivity index (χ1) is 12.8. The standard InChI is InChI=1S/C18H11ClN6O/c19-13-4-2-1-3-12(13)15-14(17-22-9-23-25-17)24-18(26-15)11-6-8-21-16-10(11)5-7-20-16/h1-9H,(H,20,21)(H,22,23,25). The molecule has 4 aromatic heterocycles. The lowest BCUT2D eigenvalue weighted by molar-refractivity contribution is 0.589. The number of fused-ring (bicyclic) bond motifs is 1. The smallest absolute Gasteiger partial charge is 0.228 e. The van der Waals surface area contributed by atoms with Gasteiger partial charge in [-0.1, -0.05) is 23.7 Å². The van der Waals surface area contributed by atoms with Crippen molar-refractivity contribution in [2.75, 3.05) is 0 Å². The minimum absolute atomic E-state index is 0.457. The van der Waals surface area contributed by atoms with Gasteiger partial charge in [0.15, 0.2) is 17.3 Å². The molecule has 126 valence electrons. The molecule has 4 heterocycles. The number of aromatic nitrogens is 6. The Morgan fingerprint density at radius 2 is 1.92 bits per heavy atom. The zero-order valence-electron chi connectivity index (χ0n) is 13.3. The van der Waals surface area contributed by atoms with E-state index < -0.39 is 0 Å². The van der Waals surface area contributed by atoms with Gasteiger partial charge in [-0.15, -0.1) is 10.2 Å². The first kappa shape index (κ1) is 14.9. The fraction of sp³-hybridized carbons (Fsp3) is 0. The van der Waals surface area contributed by atoms with Gasteiger partial charge in [0.2, 0.25) is 5.89 Å².